The van der Waals surface area contributed by atoms with E-state index in [2.05, 4.69) is 6.58 Å². The second-order valence-corrected chi connectivity index (χ2v) is 5.58. The van der Waals surface area contributed by atoms with E-state index in [1.54, 1.807) is 12.2 Å². The van der Waals surface area contributed by atoms with Crippen LogP contribution in [0.2, 0.25) is 0 Å². The van der Waals surface area contributed by atoms with Crippen molar-refractivity contribution < 1.29 is 9.90 Å². The number of hydrogen-bond donors (Lipinski definition) is 1. The lowest BCUT2D eigenvalue weighted by Crippen LogP contribution is -2.54. The number of Topliss-reactive ketones (excluding diaryl/α,β-unsaturated/α-hetero) is 1. The molecule has 2 atom stereocenters. The first-order chi connectivity index (χ1) is 7.21. The Hall–Kier alpha value is -0.890. The molecule has 0 aromatic rings. The topological polar surface area (TPSA) is 37.3 Å². The number of carbonyl (C=O) groups excluding carboxylic acids is 1. The highest BCUT2D eigenvalue weighted by atomic mass is 16.3. The Balaban J connectivity index is 3.11. The maximum atomic E-state index is 11.7. The van der Waals surface area contributed by atoms with Gasteiger partial charge in [-0.25, -0.2) is 0 Å². The van der Waals surface area contributed by atoms with E-state index in [9.17, 15) is 9.90 Å². The average Bonchev–Trinajstić information content (AvgIpc) is 2.19. The standard InChI is InChI=1S/C14H22O2/c1-10(2)6-9-14(16)11(3)12(15)7-8-13(14,4)5/h6,9,11,16H,1,7-8H2,2-5H3/b9-6-. The SMILES string of the molecule is C=C(C)/C=C\C1(O)C(C)C(=O)CCC1(C)C. The number of rotatable bonds is 2. The largest absolute Gasteiger partial charge is 0.384 e. The molecule has 1 saturated carbocycles. The molecule has 2 heteroatoms. The number of hydrogen-bond acceptors (Lipinski definition) is 2. The van der Waals surface area contributed by atoms with Gasteiger partial charge in [0, 0.05) is 12.3 Å². The van der Waals surface area contributed by atoms with Crippen molar-refractivity contribution >= 4 is 5.78 Å². The third-order valence-corrected chi connectivity index (χ3v) is 3.85. The molecule has 1 aliphatic carbocycles. The van der Waals surface area contributed by atoms with Gasteiger partial charge in [0.05, 0.1) is 5.60 Å². The maximum Gasteiger partial charge on any atom is 0.138 e. The van der Waals surface area contributed by atoms with Crippen LogP contribution in [0.4, 0.5) is 0 Å². The van der Waals surface area contributed by atoms with E-state index in [1.165, 1.54) is 0 Å². The Morgan fingerprint density at radius 1 is 1.56 bits per heavy atom. The van der Waals surface area contributed by atoms with Gasteiger partial charge in [0.15, 0.2) is 0 Å². The monoisotopic (exact) mass is 222 g/mol. The minimum absolute atomic E-state index is 0.146. The molecule has 0 amide bonds. The molecule has 90 valence electrons. The summed E-state index contributed by atoms with van der Waals surface area (Å²) in [6, 6.07) is 0. The van der Waals surface area contributed by atoms with Crippen molar-refractivity contribution in [1.29, 1.82) is 0 Å². The Kier molecular flexibility index (Phi) is 3.44. The van der Waals surface area contributed by atoms with Crippen molar-refractivity contribution in [1.82, 2.24) is 0 Å². The Morgan fingerprint density at radius 2 is 2.12 bits per heavy atom. The summed E-state index contributed by atoms with van der Waals surface area (Å²) in [4.78, 5) is 11.7. The third kappa shape index (κ3) is 2.12. The van der Waals surface area contributed by atoms with Crippen molar-refractivity contribution in [3.8, 4) is 0 Å². The van der Waals surface area contributed by atoms with Gasteiger partial charge in [-0.05, 0) is 18.8 Å². The van der Waals surface area contributed by atoms with Gasteiger partial charge in [0.1, 0.15) is 5.78 Å². The van der Waals surface area contributed by atoms with E-state index >= 15 is 0 Å². The van der Waals surface area contributed by atoms with Crippen LogP contribution in [0, 0.1) is 11.3 Å². The molecule has 2 nitrogen and oxygen atoms in total. The fourth-order valence-corrected chi connectivity index (χ4v) is 2.32. The van der Waals surface area contributed by atoms with Gasteiger partial charge < -0.3 is 5.11 Å². The van der Waals surface area contributed by atoms with Crippen molar-refractivity contribution in [3.05, 3.63) is 24.3 Å². The summed E-state index contributed by atoms with van der Waals surface area (Å²) >= 11 is 0. The third-order valence-electron chi connectivity index (χ3n) is 3.85. The van der Waals surface area contributed by atoms with Gasteiger partial charge in [0.2, 0.25) is 0 Å². The van der Waals surface area contributed by atoms with Crippen LogP contribution in [0.15, 0.2) is 24.3 Å². The molecule has 1 aliphatic rings. The van der Waals surface area contributed by atoms with Gasteiger partial charge in [-0.3, -0.25) is 4.79 Å². The van der Waals surface area contributed by atoms with Crippen molar-refractivity contribution in [2.75, 3.05) is 0 Å². The molecule has 0 aliphatic heterocycles. The summed E-state index contributed by atoms with van der Waals surface area (Å²) in [6.45, 7) is 11.5. The molecule has 0 saturated heterocycles. The second-order valence-electron chi connectivity index (χ2n) is 5.58. The lowest BCUT2D eigenvalue weighted by atomic mass is 9.60. The number of aliphatic hydroxyl groups is 1. The average molecular weight is 222 g/mol. The molecule has 1 N–H and O–H groups in total. The molecule has 1 fully saturated rings. The molecule has 0 radical (unpaired) electrons. The molecule has 0 heterocycles. The first kappa shape index (κ1) is 13.2. The predicted octanol–water partition coefficient (Wildman–Crippen LogP) is 2.88. The normalized spacial score (nSPS) is 34.3. The van der Waals surface area contributed by atoms with Gasteiger partial charge in [0.25, 0.3) is 0 Å². The fourth-order valence-electron chi connectivity index (χ4n) is 2.32. The van der Waals surface area contributed by atoms with Gasteiger partial charge in [-0.15, -0.1) is 0 Å². The zero-order valence-electron chi connectivity index (χ0n) is 10.7. The lowest BCUT2D eigenvalue weighted by molar-refractivity contribution is -0.147. The number of ketones is 1. The molecule has 1 rings (SSSR count). The highest BCUT2D eigenvalue weighted by molar-refractivity contribution is 5.83. The first-order valence-electron chi connectivity index (χ1n) is 5.80. The molecular weight excluding hydrogens is 200 g/mol. The van der Waals surface area contributed by atoms with Crippen molar-refractivity contribution in [3.63, 3.8) is 0 Å². The summed E-state index contributed by atoms with van der Waals surface area (Å²) in [5.41, 5.74) is -0.442. The van der Waals surface area contributed by atoms with E-state index in [4.69, 9.17) is 0 Å². The van der Waals surface area contributed by atoms with E-state index < -0.39 is 5.60 Å². The Labute approximate surface area is 98.1 Å². The molecule has 0 aromatic heterocycles. The lowest BCUT2D eigenvalue weighted by Gasteiger charge is -2.48. The zero-order valence-corrected chi connectivity index (χ0v) is 10.7. The van der Waals surface area contributed by atoms with Crippen LogP contribution in [0.3, 0.4) is 0 Å². The maximum absolute atomic E-state index is 11.7. The fraction of sp³-hybridized carbons (Fsp3) is 0.643. The van der Waals surface area contributed by atoms with Crippen LogP contribution < -0.4 is 0 Å². The van der Waals surface area contributed by atoms with Gasteiger partial charge in [-0.1, -0.05) is 45.1 Å². The second kappa shape index (κ2) is 4.17. The quantitative estimate of drug-likeness (QED) is 0.729. The molecular formula is C14H22O2. The Bertz CT molecular complexity index is 339. The molecule has 2 unspecified atom stereocenters. The van der Waals surface area contributed by atoms with Crippen LogP contribution in [0.25, 0.3) is 0 Å². The van der Waals surface area contributed by atoms with Crippen LogP contribution in [0.5, 0.6) is 0 Å². The van der Waals surface area contributed by atoms with E-state index in [0.717, 1.165) is 12.0 Å². The predicted molar refractivity (Wildman–Crippen MR) is 66.1 cm³/mol. The van der Waals surface area contributed by atoms with Crippen LogP contribution in [0.1, 0.15) is 40.5 Å². The highest BCUT2D eigenvalue weighted by Crippen LogP contribution is 2.46. The summed E-state index contributed by atoms with van der Waals surface area (Å²) in [5, 5.41) is 10.7. The van der Waals surface area contributed by atoms with Gasteiger partial charge >= 0.3 is 0 Å². The summed E-state index contributed by atoms with van der Waals surface area (Å²) in [7, 11) is 0. The van der Waals surface area contributed by atoms with E-state index in [-0.39, 0.29) is 17.1 Å². The minimum atomic E-state index is -1.05. The van der Waals surface area contributed by atoms with Crippen LogP contribution in [-0.2, 0) is 4.79 Å². The van der Waals surface area contributed by atoms with Crippen molar-refractivity contribution in [2.45, 2.75) is 46.1 Å². The summed E-state index contributed by atoms with van der Waals surface area (Å²) in [5.74, 6) is -0.194. The first-order valence-corrected chi connectivity index (χ1v) is 5.80. The summed E-state index contributed by atoms with van der Waals surface area (Å²) in [6.07, 6.45) is 4.85. The van der Waals surface area contributed by atoms with Crippen molar-refractivity contribution in [2.24, 2.45) is 11.3 Å². The van der Waals surface area contributed by atoms with E-state index in [1.807, 2.05) is 27.7 Å². The minimum Gasteiger partial charge on any atom is -0.384 e. The van der Waals surface area contributed by atoms with Crippen LogP contribution >= 0.6 is 0 Å². The molecule has 16 heavy (non-hydrogen) atoms. The highest BCUT2D eigenvalue weighted by Gasteiger charge is 2.51. The molecule has 0 bridgehead atoms. The van der Waals surface area contributed by atoms with E-state index in [0.29, 0.717) is 6.42 Å². The van der Waals surface area contributed by atoms with Crippen LogP contribution in [-0.4, -0.2) is 16.5 Å². The van der Waals surface area contributed by atoms with Gasteiger partial charge in [-0.2, -0.15) is 0 Å². The Morgan fingerprint density at radius 3 is 2.62 bits per heavy atom. The summed E-state index contributed by atoms with van der Waals surface area (Å²) < 4.78 is 0. The number of carbonyl (C=O) groups is 1. The smallest absolute Gasteiger partial charge is 0.138 e. The molecule has 0 spiro atoms. The number of allylic oxidation sites excluding steroid dienone is 2. The molecule has 0 aromatic carbocycles. The zero-order chi connectivity index (χ0) is 12.6.